The minimum atomic E-state index is -1.34. The fourth-order valence-electron chi connectivity index (χ4n) is 2.08. The molecular weight excluding hydrogens is 250 g/mol. The summed E-state index contributed by atoms with van der Waals surface area (Å²) in [6.45, 7) is -0.0892. The molecule has 7 heteroatoms. The number of carbonyl (C=O) groups excluding carboxylic acids is 2. The second kappa shape index (κ2) is 4.77. The maximum absolute atomic E-state index is 12.0. The number of hydrogen-bond donors (Lipinski definition) is 3. The first-order chi connectivity index (χ1) is 9.07. The molecule has 1 aliphatic heterocycles. The van der Waals surface area contributed by atoms with E-state index < -0.39 is 17.5 Å². The van der Waals surface area contributed by atoms with E-state index in [1.165, 1.54) is 14.2 Å². The van der Waals surface area contributed by atoms with E-state index in [1.807, 2.05) is 0 Å². The van der Waals surface area contributed by atoms with E-state index in [4.69, 9.17) is 15.2 Å². The number of amides is 3. The lowest BCUT2D eigenvalue weighted by atomic mass is 9.89. The van der Waals surface area contributed by atoms with E-state index in [0.717, 1.165) is 0 Å². The molecule has 0 aliphatic carbocycles. The molecule has 4 N–H and O–H groups in total. The number of imide groups is 1. The summed E-state index contributed by atoms with van der Waals surface area (Å²) in [6, 6.07) is 4.39. The van der Waals surface area contributed by atoms with E-state index in [2.05, 4.69) is 10.6 Å². The lowest BCUT2D eigenvalue weighted by molar-refractivity contribution is -0.124. The molecule has 0 aromatic heterocycles. The molecule has 0 spiro atoms. The van der Waals surface area contributed by atoms with Crippen LogP contribution in [0.15, 0.2) is 18.2 Å². The van der Waals surface area contributed by atoms with Crippen LogP contribution >= 0.6 is 0 Å². The summed E-state index contributed by atoms with van der Waals surface area (Å²) in [5.41, 5.74) is 4.82. The summed E-state index contributed by atoms with van der Waals surface area (Å²) in [4.78, 5) is 23.4. The first kappa shape index (κ1) is 13.2. The number of nitrogens with two attached hydrogens (primary N) is 1. The molecule has 1 unspecified atom stereocenters. The van der Waals surface area contributed by atoms with Gasteiger partial charge in [0.2, 0.25) is 0 Å². The normalized spacial score (nSPS) is 21.8. The highest BCUT2D eigenvalue weighted by Gasteiger charge is 2.48. The third-order valence-corrected chi connectivity index (χ3v) is 3.11. The highest BCUT2D eigenvalue weighted by Crippen LogP contribution is 2.34. The molecular formula is C12H15N3O4. The number of hydrogen-bond acceptors (Lipinski definition) is 5. The van der Waals surface area contributed by atoms with Gasteiger partial charge in [-0.25, -0.2) is 4.79 Å². The predicted molar refractivity (Wildman–Crippen MR) is 67.0 cm³/mol. The minimum absolute atomic E-state index is 0.0892. The Kier molecular flexibility index (Phi) is 3.30. The van der Waals surface area contributed by atoms with Crippen molar-refractivity contribution in [1.29, 1.82) is 0 Å². The van der Waals surface area contributed by atoms with Crippen LogP contribution in [-0.4, -0.2) is 32.7 Å². The maximum Gasteiger partial charge on any atom is 0.322 e. The van der Waals surface area contributed by atoms with Gasteiger partial charge in [-0.3, -0.25) is 10.1 Å². The van der Waals surface area contributed by atoms with Crippen LogP contribution in [0.2, 0.25) is 0 Å². The van der Waals surface area contributed by atoms with Crippen molar-refractivity contribution < 1.29 is 19.1 Å². The third kappa shape index (κ3) is 1.97. The molecule has 1 aromatic rings. The molecule has 102 valence electrons. The fourth-order valence-corrected chi connectivity index (χ4v) is 2.08. The second-order valence-corrected chi connectivity index (χ2v) is 4.08. The van der Waals surface area contributed by atoms with Crippen LogP contribution in [0, 0.1) is 0 Å². The van der Waals surface area contributed by atoms with Crippen LogP contribution in [0.25, 0.3) is 0 Å². The lowest BCUT2D eigenvalue weighted by Gasteiger charge is -2.26. The fraction of sp³-hybridized carbons (Fsp3) is 0.333. The maximum atomic E-state index is 12.0. The molecule has 0 saturated carbocycles. The van der Waals surface area contributed by atoms with Crippen LogP contribution < -0.4 is 25.8 Å². The quantitative estimate of drug-likeness (QED) is 0.648. The highest BCUT2D eigenvalue weighted by atomic mass is 16.5. The largest absolute Gasteiger partial charge is 0.497 e. The Morgan fingerprint density at radius 3 is 2.47 bits per heavy atom. The van der Waals surface area contributed by atoms with E-state index in [1.54, 1.807) is 18.2 Å². The molecule has 1 atom stereocenters. The second-order valence-electron chi connectivity index (χ2n) is 4.08. The molecule has 1 aliphatic rings. The van der Waals surface area contributed by atoms with Crippen molar-refractivity contribution in [2.45, 2.75) is 5.54 Å². The Morgan fingerprint density at radius 2 is 2.00 bits per heavy atom. The Bertz CT molecular complexity index is 532. The molecule has 2 rings (SSSR count). The minimum Gasteiger partial charge on any atom is -0.497 e. The monoisotopic (exact) mass is 265 g/mol. The summed E-state index contributed by atoms with van der Waals surface area (Å²) in [5, 5.41) is 4.73. The van der Waals surface area contributed by atoms with E-state index >= 15 is 0 Å². The molecule has 7 nitrogen and oxygen atoms in total. The van der Waals surface area contributed by atoms with Crippen LogP contribution in [-0.2, 0) is 10.3 Å². The molecule has 0 radical (unpaired) electrons. The van der Waals surface area contributed by atoms with E-state index in [-0.39, 0.29) is 6.54 Å². The van der Waals surface area contributed by atoms with Gasteiger partial charge in [0.1, 0.15) is 11.5 Å². The van der Waals surface area contributed by atoms with E-state index in [9.17, 15) is 9.59 Å². The van der Waals surface area contributed by atoms with Gasteiger partial charge < -0.3 is 20.5 Å². The van der Waals surface area contributed by atoms with Crippen LogP contribution in [0.1, 0.15) is 5.56 Å². The Balaban J connectivity index is 2.60. The summed E-state index contributed by atoms with van der Waals surface area (Å²) in [7, 11) is 2.98. The highest BCUT2D eigenvalue weighted by molar-refractivity contribution is 6.08. The van der Waals surface area contributed by atoms with Gasteiger partial charge in [0.15, 0.2) is 5.54 Å². The van der Waals surface area contributed by atoms with Gasteiger partial charge in [-0.2, -0.15) is 0 Å². The average molecular weight is 265 g/mol. The smallest absolute Gasteiger partial charge is 0.322 e. The van der Waals surface area contributed by atoms with Gasteiger partial charge in [-0.05, 0) is 18.2 Å². The summed E-state index contributed by atoms with van der Waals surface area (Å²) in [5.74, 6) is 0.479. The first-order valence-electron chi connectivity index (χ1n) is 5.63. The number of nitrogens with one attached hydrogen (secondary N) is 2. The van der Waals surface area contributed by atoms with Gasteiger partial charge in [0.25, 0.3) is 5.91 Å². The van der Waals surface area contributed by atoms with Crippen molar-refractivity contribution in [1.82, 2.24) is 10.6 Å². The van der Waals surface area contributed by atoms with Crippen LogP contribution in [0.4, 0.5) is 4.79 Å². The average Bonchev–Trinajstić information content (AvgIpc) is 2.73. The first-order valence-corrected chi connectivity index (χ1v) is 5.63. The summed E-state index contributed by atoms with van der Waals surface area (Å²) >= 11 is 0. The van der Waals surface area contributed by atoms with Gasteiger partial charge in [0, 0.05) is 12.1 Å². The molecule has 1 aromatic carbocycles. The van der Waals surface area contributed by atoms with E-state index in [0.29, 0.717) is 17.1 Å². The van der Waals surface area contributed by atoms with Crippen molar-refractivity contribution in [2.24, 2.45) is 5.73 Å². The van der Waals surface area contributed by atoms with Crippen molar-refractivity contribution in [2.75, 3.05) is 20.8 Å². The lowest BCUT2D eigenvalue weighted by Crippen LogP contribution is -2.50. The Hall–Kier alpha value is -2.28. The Morgan fingerprint density at radius 1 is 1.26 bits per heavy atom. The molecule has 1 heterocycles. The van der Waals surface area contributed by atoms with Gasteiger partial charge >= 0.3 is 6.03 Å². The van der Waals surface area contributed by atoms with Gasteiger partial charge in [0.05, 0.1) is 14.2 Å². The third-order valence-electron chi connectivity index (χ3n) is 3.11. The number of rotatable bonds is 4. The SMILES string of the molecule is COc1ccc(OC)c(C2(CN)NC(=O)NC2=O)c1. The topological polar surface area (TPSA) is 103 Å². The van der Waals surface area contributed by atoms with Crippen LogP contribution in [0.5, 0.6) is 11.5 Å². The van der Waals surface area contributed by atoms with Crippen molar-refractivity contribution in [3.05, 3.63) is 23.8 Å². The van der Waals surface area contributed by atoms with Crippen molar-refractivity contribution in [3.63, 3.8) is 0 Å². The van der Waals surface area contributed by atoms with Gasteiger partial charge in [-0.15, -0.1) is 0 Å². The molecule has 1 saturated heterocycles. The van der Waals surface area contributed by atoms with Crippen LogP contribution in [0.3, 0.4) is 0 Å². The standard InChI is InChI=1S/C12H15N3O4/c1-18-7-3-4-9(19-2)8(5-7)12(6-13)10(16)14-11(17)15-12/h3-5H,6,13H2,1-2H3,(H2,14,15,16,17). The number of carbonyl (C=O) groups is 2. The zero-order valence-electron chi connectivity index (χ0n) is 10.6. The number of ether oxygens (including phenoxy) is 2. The molecule has 1 fully saturated rings. The number of methoxy groups -OCH3 is 2. The summed E-state index contributed by atoms with van der Waals surface area (Å²) < 4.78 is 10.3. The van der Waals surface area contributed by atoms with Gasteiger partial charge in [-0.1, -0.05) is 0 Å². The Labute approximate surface area is 110 Å². The zero-order valence-corrected chi connectivity index (χ0v) is 10.6. The summed E-state index contributed by atoms with van der Waals surface area (Å²) in [6.07, 6.45) is 0. The zero-order chi connectivity index (χ0) is 14.0. The molecule has 3 amide bonds. The number of benzene rings is 1. The molecule has 0 bridgehead atoms. The number of urea groups is 1. The van der Waals surface area contributed by atoms with Crippen molar-refractivity contribution in [3.8, 4) is 11.5 Å². The predicted octanol–water partition coefficient (Wildman–Crippen LogP) is -0.303. The molecule has 19 heavy (non-hydrogen) atoms. The van der Waals surface area contributed by atoms with Crippen molar-refractivity contribution >= 4 is 11.9 Å².